The number of fused-ring (bicyclic) bond motifs is 2. The van der Waals surface area contributed by atoms with E-state index >= 15 is 0 Å². The van der Waals surface area contributed by atoms with Gasteiger partial charge in [0.15, 0.2) is 5.82 Å². The molecule has 8 nitrogen and oxygen atoms in total. The fourth-order valence-electron chi connectivity index (χ4n) is 5.34. The number of nitriles is 1. The minimum Gasteiger partial charge on any atom is -0.489 e. The van der Waals surface area contributed by atoms with Gasteiger partial charge in [0.05, 0.1) is 31.3 Å². The van der Waals surface area contributed by atoms with E-state index in [1.165, 1.54) is 18.2 Å². The number of carbonyl (C=O) groups excluding carboxylic acids is 1. The lowest BCUT2D eigenvalue weighted by Crippen LogP contribution is -2.46. The third-order valence-corrected chi connectivity index (χ3v) is 7.00. The Balaban J connectivity index is 1.32. The van der Waals surface area contributed by atoms with Crippen molar-refractivity contribution >= 4 is 11.5 Å². The molecule has 3 aliphatic heterocycles. The van der Waals surface area contributed by atoms with Crippen molar-refractivity contribution in [2.24, 2.45) is 5.73 Å². The third-order valence-electron chi connectivity index (χ3n) is 7.00. The molecule has 2 bridgehead atoms. The molecule has 2 aromatic rings. The first kappa shape index (κ1) is 22.3. The van der Waals surface area contributed by atoms with E-state index in [1.54, 1.807) is 17.3 Å². The van der Waals surface area contributed by atoms with Gasteiger partial charge in [0.2, 0.25) is 0 Å². The van der Waals surface area contributed by atoms with Crippen LogP contribution in [0.15, 0.2) is 36.3 Å². The zero-order valence-corrected chi connectivity index (χ0v) is 19.1. The van der Waals surface area contributed by atoms with E-state index in [0.29, 0.717) is 23.6 Å². The first-order valence-electron chi connectivity index (χ1n) is 11.6. The molecule has 4 heterocycles. The van der Waals surface area contributed by atoms with Crippen molar-refractivity contribution in [2.75, 3.05) is 19.6 Å². The van der Waals surface area contributed by atoms with Crippen LogP contribution in [0.1, 0.15) is 47.4 Å². The van der Waals surface area contributed by atoms with Gasteiger partial charge < -0.3 is 15.4 Å². The van der Waals surface area contributed by atoms with Crippen LogP contribution in [0.4, 0.5) is 4.39 Å². The van der Waals surface area contributed by atoms with E-state index in [-0.39, 0.29) is 42.9 Å². The number of hydrogen-bond acceptors (Lipinski definition) is 7. The fourth-order valence-corrected chi connectivity index (χ4v) is 5.34. The van der Waals surface area contributed by atoms with Gasteiger partial charge in [-0.05, 0) is 50.3 Å². The highest BCUT2D eigenvalue weighted by atomic mass is 19.1. The second-order valence-corrected chi connectivity index (χ2v) is 9.32. The van der Waals surface area contributed by atoms with Crippen molar-refractivity contribution in [3.8, 4) is 11.8 Å². The van der Waals surface area contributed by atoms with Crippen molar-refractivity contribution in [1.29, 1.82) is 5.26 Å². The zero-order chi connectivity index (χ0) is 23.8. The molecule has 2 atom stereocenters. The Morgan fingerprint density at radius 2 is 1.94 bits per heavy atom. The Morgan fingerprint density at radius 3 is 2.62 bits per heavy atom. The lowest BCUT2D eigenvalue weighted by molar-refractivity contribution is 0.0560. The Morgan fingerprint density at radius 1 is 1.24 bits per heavy atom. The van der Waals surface area contributed by atoms with Crippen molar-refractivity contribution in [3.05, 3.63) is 59.1 Å². The number of aromatic nitrogens is 2. The van der Waals surface area contributed by atoms with Crippen molar-refractivity contribution in [2.45, 2.75) is 50.8 Å². The van der Waals surface area contributed by atoms with Crippen molar-refractivity contribution < 1.29 is 13.9 Å². The number of benzene rings is 1. The lowest BCUT2D eigenvalue weighted by atomic mass is 9.99. The predicted octanol–water partition coefficient (Wildman–Crippen LogP) is 2.65. The average Bonchev–Trinajstić information content (AvgIpc) is 3.30. The largest absolute Gasteiger partial charge is 0.489 e. The number of halogens is 1. The molecule has 0 spiro atoms. The van der Waals surface area contributed by atoms with Crippen molar-refractivity contribution in [3.63, 3.8) is 0 Å². The number of piperidine rings is 1. The Hall–Kier alpha value is -3.51. The maximum Gasteiger partial charge on any atom is 0.258 e. The molecule has 0 aliphatic carbocycles. The first-order chi connectivity index (χ1) is 16.4. The molecule has 2 N–H and O–H groups in total. The predicted molar refractivity (Wildman–Crippen MR) is 123 cm³/mol. The second kappa shape index (κ2) is 9.03. The van der Waals surface area contributed by atoms with E-state index < -0.39 is 5.82 Å². The molecule has 176 valence electrons. The molecule has 2 saturated heterocycles. The molecule has 34 heavy (non-hydrogen) atoms. The maximum atomic E-state index is 14.2. The lowest BCUT2D eigenvalue weighted by Gasteiger charge is -2.37. The van der Waals surface area contributed by atoms with Gasteiger partial charge >= 0.3 is 0 Å². The monoisotopic (exact) mass is 462 g/mol. The molecule has 5 rings (SSSR count). The summed E-state index contributed by atoms with van der Waals surface area (Å²) < 4.78 is 20.4. The van der Waals surface area contributed by atoms with Gasteiger partial charge in [-0.1, -0.05) is 0 Å². The molecule has 2 fully saturated rings. The topological polar surface area (TPSA) is 108 Å². The van der Waals surface area contributed by atoms with Crippen molar-refractivity contribution in [1.82, 2.24) is 19.8 Å². The molecule has 3 aliphatic rings. The van der Waals surface area contributed by atoms with E-state index in [0.717, 1.165) is 36.8 Å². The molecular weight excluding hydrogens is 435 g/mol. The van der Waals surface area contributed by atoms with Crippen LogP contribution < -0.4 is 10.5 Å². The number of aryl methyl sites for hydroxylation is 1. The Kier molecular flexibility index (Phi) is 5.92. The molecule has 2 unspecified atom stereocenters. The highest BCUT2D eigenvalue weighted by Crippen LogP contribution is 2.38. The number of amides is 1. The fraction of sp³-hybridized carbons (Fsp3) is 0.440. The van der Waals surface area contributed by atoms with Gasteiger partial charge in [-0.15, -0.1) is 0 Å². The summed E-state index contributed by atoms with van der Waals surface area (Å²) in [4.78, 5) is 26.0. The first-order valence-corrected chi connectivity index (χ1v) is 11.6. The molecule has 1 aromatic carbocycles. The number of rotatable bonds is 5. The second-order valence-electron chi connectivity index (χ2n) is 9.32. The normalized spacial score (nSPS) is 24.4. The van der Waals surface area contributed by atoms with Crippen LogP contribution >= 0.6 is 0 Å². The van der Waals surface area contributed by atoms with Gasteiger partial charge in [-0.3, -0.25) is 9.69 Å². The maximum absolute atomic E-state index is 14.2. The summed E-state index contributed by atoms with van der Waals surface area (Å²) in [6.07, 6.45) is 6.89. The van der Waals surface area contributed by atoms with Gasteiger partial charge in [0.1, 0.15) is 17.7 Å². The van der Waals surface area contributed by atoms with Gasteiger partial charge in [-0.2, -0.15) is 5.26 Å². The molecule has 0 saturated carbocycles. The highest BCUT2D eigenvalue weighted by Gasteiger charge is 2.41. The van der Waals surface area contributed by atoms with E-state index in [9.17, 15) is 9.18 Å². The standard InChI is InChI=1S/C25H27FN6O2/c1-15-11-29-24(30-12-15)21-13-31(14-22(21)28)25(33)20-5-2-16(26)8-23(20)34-19-9-17-3-4-18(10-19)32(17)7-6-27/h2,5,8,11-12,17-19H,3-4,7,9-10,13-14,28H2,1H3. The summed E-state index contributed by atoms with van der Waals surface area (Å²) in [5, 5.41) is 9.11. The zero-order valence-electron chi connectivity index (χ0n) is 19.1. The van der Waals surface area contributed by atoms with E-state index in [4.69, 9.17) is 15.7 Å². The number of ether oxygens (including phenoxy) is 1. The smallest absolute Gasteiger partial charge is 0.258 e. The molecular formula is C25H27FN6O2. The summed E-state index contributed by atoms with van der Waals surface area (Å²) in [6, 6.07) is 6.86. The van der Waals surface area contributed by atoms with Crippen LogP contribution in [0.25, 0.3) is 5.57 Å². The van der Waals surface area contributed by atoms with Crippen LogP contribution in [-0.2, 0) is 0 Å². The van der Waals surface area contributed by atoms with Gasteiger partial charge in [-0.25, -0.2) is 14.4 Å². The Bertz CT molecular complexity index is 1160. The molecule has 9 heteroatoms. The summed E-state index contributed by atoms with van der Waals surface area (Å²) in [7, 11) is 0. The number of carbonyl (C=O) groups is 1. The minimum atomic E-state index is -0.454. The minimum absolute atomic E-state index is 0.126. The third kappa shape index (κ3) is 4.21. The average molecular weight is 463 g/mol. The van der Waals surface area contributed by atoms with Crippen LogP contribution in [0.5, 0.6) is 5.75 Å². The van der Waals surface area contributed by atoms with Crippen LogP contribution in [0.2, 0.25) is 0 Å². The number of hydrogen-bond donors (Lipinski definition) is 1. The highest BCUT2D eigenvalue weighted by molar-refractivity contribution is 5.98. The summed E-state index contributed by atoms with van der Waals surface area (Å²) >= 11 is 0. The number of nitrogens with zero attached hydrogens (tertiary/aromatic N) is 5. The summed E-state index contributed by atoms with van der Waals surface area (Å²) in [6.45, 7) is 2.85. The molecule has 1 amide bonds. The van der Waals surface area contributed by atoms with Crippen LogP contribution in [0, 0.1) is 24.1 Å². The molecule has 0 radical (unpaired) electrons. The van der Waals surface area contributed by atoms with E-state index in [2.05, 4.69) is 20.9 Å². The quantitative estimate of drug-likeness (QED) is 0.681. The van der Waals surface area contributed by atoms with Gasteiger partial charge in [0.25, 0.3) is 5.91 Å². The van der Waals surface area contributed by atoms with E-state index in [1.807, 2.05) is 6.92 Å². The summed E-state index contributed by atoms with van der Waals surface area (Å²) in [5.74, 6) is 0.0320. The Labute approximate surface area is 197 Å². The van der Waals surface area contributed by atoms with Crippen LogP contribution in [0.3, 0.4) is 0 Å². The SMILES string of the molecule is Cc1cnc(C2=C(N)CN(C(=O)c3ccc(F)cc3OC3CC4CCC(C3)N4CC#N)C2)nc1. The number of nitrogens with two attached hydrogens (primary N) is 1. The van der Waals surface area contributed by atoms with Gasteiger partial charge in [0, 0.05) is 41.8 Å². The summed E-state index contributed by atoms with van der Waals surface area (Å²) in [5.41, 5.74) is 8.75. The van der Waals surface area contributed by atoms with Crippen LogP contribution in [-0.4, -0.2) is 63.5 Å². The molecule has 1 aromatic heterocycles.